The van der Waals surface area contributed by atoms with E-state index >= 15 is 0 Å². The van der Waals surface area contributed by atoms with Gasteiger partial charge in [-0.1, -0.05) is 11.6 Å². The fourth-order valence-electron chi connectivity index (χ4n) is 1.81. The molecule has 2 heterocycles. The summed E-state index contributed by atoms with van der Waals surface area (Å²) in [6.07, 6.45) is 1.36. The lowest BCUT2D eigenvalue weighted by atomic mass is 10.2. The Labute approximate surface area is 109 Å². The molecule has 1 saturated heterocycles. The average molecular weight is 269 g/mol. The third-order valence-corrected chi connectivity index (χ3v) is 3.09. The quantitative estimate of drug-likeness (QED) is 0.864. The zero-order valence-corrected chi connectivity index (χ0v) is 10.6. The van der Waals surface area contributed by atoms with Gasteiger partial charge in [-0.05, 0) is 13.0 Å². The van der Waals surface area contributed by atoms with Crippen LogP contribution in [0.1, 0.15) is 17.3 Å². The Balaban J connectivity index is 2.25. The maximum Gasteiger partial charge on any atom is 0.250 e. The lowest BCUT2D eigenvalue weighted by molar-refractivity contribution is -0.126. The minimum absolute atomic E-state index is 0.0364. The topological polar surface area (TPSA) is 79.5 Å². The van der Waals surface area contributed by atoms with Crippen molar-refractivity contribution < 1.29 is 9.59 Å². The second kappa shape index (κ2) is 4.81. The number of nitrogens with two attached hydrogens (primary N) is 1. The van der Waals surface area contributed by atoms with E-state index in [0.717, 1.165) is 0 Å². The van der Waals surface area contributed by atoms with E-state index in [1.807, 2.05) is 6.92 Å². The second-order valence-electron chi connectivity index (χ2n) is 3.98. The van der Waals surface area contributed by atoms with E-state index in [9.17, 15) is 9.59 Å². The zero-order valence-electron chi connectivity index (χ0n) is 9.89. The highest BCUT2D eigenvalue weighted by atomic mass is 35.5. The zero-order chi connectivity index (χ0) is 13.3. The van der Waals surface area contributed by atoms with E-state index in [0.29, 0.717) is 24.1 Å². The third-order valence-electron chi connectivity index (χ3n) is 2.81. The van der Waals surface area contributed by atoms with E-state index < -0.39 is 5.91 Å². The molecule has 18 heavy (non-hydrogen) atoms. The fraction of sp³-hybridized carbons (Fsp3) is 0.364. The number of aromatic nitrogens is 1. The van der Waals surface area contributed by atoms with Crippen LogP contribution in [0.25, 0.3) is 0 Å². The van der Waals surface area contributed by atoms with Crippen LogP contribution in [0.5, 0.6) is 0 Å². The summed E-state index contributed by atoms with van der Waals surface area (Å²) < 4.78 is 0. The van der Waals surface area contributed by atoms with Gasteiger partial charge in [0.15, 0.2) is 0 Å². The Kier molecular flexibility index (Phi) is 3.38. The molecule has 7 heteroatoms. The van der Waals surface area contributed by atoms with E-state index in [1.165, 1.54) is 12.3 Å². The summed E-state index contributed by atoms with van der Waals surface area (Å²) in [6.45, 7) is 3.26. The predicted octanol–water partition coefficient (Wildman–Crippen LogP) is 0.460. The highest BCUT2D eigenvalue weighted by molar-refractivity contribution is 6.33. The fourth-order valence-corrected chi connectivity index (χ4v) is 2.10. The van der Waals surface area contributed by atoms with Crippen molar-refractivity contribution in [2.24, 2.45) is 5.73 Å². The van der Waals surface area contributed by atoms with Gasteiger partial charge in [-0.2, -0.15) is 0 Å². The minimum Gasteiger partial charge on any atom is -0.366 e. The van der Waals surface area contributed by atoms with Crippen LogP contribution in [0.4, 0.5) is 5.82 Å². The first-order chi connectivity index (χ1) is 8.52. The molecule has 0 aliphatic carbocycles. The van der Waals surface area contributed by atoms with Gasteiger partial charge in [0.25, 0.3) is 0 Å². The average Bonchev–Trinajstić information content (AvgIpc) is 2.70. The molecule has 6 nitrogen and oxygen atoms in total. The Morgan fingerprint density at radius 1 is 1.61 bits per heavy atom. The smallest absolute Gasteiger partial charge is 0.250 e. The Hall–Kier alpha value is -1.82. The number of pyridine rings is 1. The van der Waals surface area contributed by atoms with Gasteiger partial charge in [0, 0.05) is 12.7 Å². The van der Waals surface area contributed by atoms with Gasteiger partial charge in [-0.15, -0.1) is 0 Å². The summed E-state index contributed by atoms with van der Waals surface area (Å²) >= 11 is 6.05. The summed E-state index contributed by atoms with van der Waals surface area (Å²) in [4.78, 5) is 30.2. The molecule has 1 aromatic heterocycles. The van der Waals surface area contributed by atoms with Crippen LogP contribution in [0.2, 0.25) is 5.02 Å². The number of rotatable bonds is 3. The molecule has 0 aromatic carbocycles. The minimum atomic E-state index is -0.580. The normalized spacial score (nSPS) is 15.3. The number of hydrogen-bond donors (Lipinski definition) is 1. The number of halogens is 1. The predicted molar refractivity (Wildman–Crippen MR) is 67.4 cm³/mol. The van der Waals surface area contributed by atoms with E-state index in [2.05, 4.69) is 4.98 Å². The van der Waals surface area contributed by atoms with Crippen molar-refractivity contribution >= 4 is 29.2 Å². The molecule has 1 fully saturated rings. The summed E-state index contributed by atoms with van der Waals surface area (Å²) in [5.74, 6) is -0.0519. The van der Waals surface area contributed by atoms with Crippen molar-refractivity contribution in [1.82, 2.24) is 9.88 Å². The van der Waals surface area contributed by atoms with Crippen molar-refractivity contribution in [3.05, 3.63) is 22.8 Å². The van der Waals surface area contributed by atoms with Crippen molar-refractivity contribution in [3.63, 3.8) is 0 Å². The van der Waals surface area contributed by atoms with Crippen LogP contribution in [0.3, 0.4) is 0 Å². The molecule has 0 radical (unpaired) electrons. The molecule has 96 valence electrons. The number of nitrogens with zero attached hydrogens (tertiary/aromatic N) is 3. The SMILES string of the molecule is CCN1CN(c2ncc(C(N)=O)cc2Cl)CC1=O. The van der Waals surface area contributed by atoms with Gasteiger partial charge in [0.1, 0.15) is 12.4 Å². The summed E-state index contributed by atoms with van der Waals surface area (Å²) in [5.41, 5.74) is 5.39. The number of carbonyl (C=O) groups excluding carboxylic acids is 2. The number of likely N-dealkylation sites (N-methyl/N-ethyl adjacent to an activating group) is 1. The Morgan fingerprint density at radius 2 is 2.33 bits per heavy atom. The van der Waals surface area contributed by atoms with E-state index in [1.54, 1.807) is 9.80 Å². The van der Waals surface area contributed by atoms with E-state index in [-0.39, 0.29) is 18.0 Å². The molecule has 0 spiro atoms. The third kappa shape index (κ3) is 2.24. The second-order valence-corrected chi connectivity index (χ2v) is 4.39. The van der Waals surface area contributed by atoms with Crippen molar-refractivity contribution in [2.45, 2.75) is 6.92 Å². The highest BCUT2D eigenvalue weighted by Gasteiger charge is 2.28. The summed E-state index contributed by atoms with van der Waals surface area (Å²) in [6, 6.07) is 1.46. The van der Waals surface area contributed by atoms with Gasteiger partial charge in [-0.3, -0.25) is 9.59 Å². The van der Waals surface area contributed by atoms with Gasteiger partial charge in [0.2, 0.25) is 11.8 Å². The number of carbonyl (C=O) groups is 2. The molecule has 0 unspecified atom stereocenters. The largest absolute Gasteiger partial charge is 0.366 e. The summed E-state index contributed by atoms with van der Waals surface area (Å²) in [5, 5.41) is 0.317. The van der Waals surface area contributed by atoms with Crippen LogP contribution in [-0.4, -0.2) is 41.5 Å². The van der Waals surface area contributed by atoms with Crippen LogP contribution in [-0.2, 0) is 4.79 Å². The first-order valence-corrected chi connectivity index (χ1v) is 5.88. The number of amides is 2. The Morgan fingerprint density at radius 3 is 2.83 bits per heavy atom. The molecule has 1 aromatic rings. The molecule has 1 aliphatic heterocycles. The number of hydrogen-bond acceptors (Lipinski definition) is 4. The molecule has 0 atom stereocenters. The Bertz CT molecular complexity index is 506. The molecular weight excluding hydrogens is 256 g/mol. The lowest BCUT2D eigenvalue weighted by Crippen LogP contribution is -2.27. The van der Waals surface area contributed by atoms with Gasteiger partial charge >= 0.3 is 0 Å². The van der Waals surface area contributed by atoms with Crippen LogP contribution in [0, 0.1) is 0 Å². The molecule has 2 amide bonds. The van der Waals surface area contributed by atoms with Crippen LogP contribution >= 0.6 is 11.6 Å². The number of primary amides is 1. The maximum atomic E-state index is 11.6. The van der Waals surface area contributed by atoms with Gasteiger partial charge in [-0.25, -0.2) is 4.98 Å². The molecular formula is C11H13ClN4O2. The standard InChI is InChI=1S/C11H13ClN4O2/c1-2-15-6-16(5-9(15)17)11-8(12)3-7(4-14-11)10(13)18/h3-4H,2,5-6H2,1H3,(H2,13,18). The molecule has 0 saturated carbocycles. The van der Waals surface area contributed by atoms with E-state index in [4.69, 9.17) is 17.3 Å². The first kappa shape index (κ1) is 12.6. The van der Waals surface area contributed by atoms with Crippen LogP contribution in [0.15, 0.2) is 12.3 Å². The van der Waals surface area contributed by atoms with Crippen molar-refractivity contribution in [1.29, 1.82) is 0 Å². The highest BCUT2D eigenvalue weighted by Crippen LogP contribution is 2.26. The van der Waals surface area contributed by atoms with Crippen LogP contribution < -0.4 is 10.6 Å². The van der Waals surface area contributed by atoms with Crippen molar-refractivity contribution in [2.75, 3.05) is 24.7 Å². The molecule has 2 rings (SSSR count). The lowest BCUT2D eigenvalue weighted by Gasteiger charge is -2.18. The summed E-state index contributed by atoms with van der Waals surface area (Å²) in [7, 11) is 0. The first-order valence-electron chi connectivity index (χ1n) is 5.51. The van der Waals surface area contributed by atoms with Gasteiger partial charge < -0.3 is 15.5 Å². The molecule has 0 bridgehead atoms. The van der Waals surface area contributed by atoms with Crippen molar-refractivity contribution in [3.8, 4) is 0 Å². The maximum absolute atomic E-state index is 11.6. The van der Waals surface area contributed by atoms with Gasteiger partial charge in [0.05, 0.1) is 17.3 Å². The monoisotopic (exact) mass is 268 g/mol. The molecule has 1 aliphatic rings. The number of anilines is 1. The molecule has 2 N–H and O–H groups in total.